The fourth-order valence-electron chi connectivity index (χ4n) is 9.66. The SMILES string of the molecule is C=C1CC[C@@H]2[C@](C)(CC[C@H]3[C@@]2(C)CC[C@H]2C(C)(C)CC[C@@H](O)[C@@]23C)[C@H]1CNC(=N)N. The van der Waals surface area contributed by atoms with E-state index in [4.69, 9.17) is 11.1 Å². The van der Waals surface area contributed by atoms with Crippen LogP contribution in [0.15, 0.2) is 12.2 Å². The Morgan fingerprint density at radius 2 is 1.63 bits per heavy atom. The standard InChI is InChI=1S/C26H45N3O/c1-16-7-8-19-24(4,17(16)15-29-22(27)28)13-10-20-25(19,5)14-9-18-23(2,3)12-11-21(30)26(18,20)6/h17-21,30H,1,7-15H2,2-6H3,(H4,27,28,29)/t17-,18-,19+,20-,21+,24+,25-,26-/m0/s1. The average molecular weight is 416 g/mol. The van der Waals surface area contributed by atoms with Crippen molar-refractivity contribution in [1.29, 1.82) is 5.41 Å². The lowest BCUT2D eigenvalue weighted by molar-refractivity contribution is -0.236. The van der Waals surface area contributed by atoms with E-state index in [2.05, 4.69) is 46.5 Å². The molecular weight excluding hydrogens is 370 g/mol. The smallest absolute Gasteiger partial charge is 0.185 e. The first-order chi connectivity index (χ1) is 13.9. The lowest BCUT2D eigenvalue weighted by Gasteiger charge is -2.71. The molecular formula is C26H45N3O. The van der Waals surface area contributed by atoms with E-state index >= 15 is 0 Å². The zero-order valence-corrected chi connectivity index (χ0v) is 20.0. The van der Waals surface area contributed by atoms with Gasteiger partial charge in [-0.2, -0.15) is 0 Å². The maximum Gasteiger partial charge on any atom is 0.185 e. The van der Waals surface area contributed by atoms with Gasteiger partial charge in [0, 0.05) is 17.9 Å². The quantitative estimate of drug-likeness (QED) is 0.289. The van der Waals surface area contributed by atoms with Crippen molar-refractivity contribution in [3.8, 4) is 0 Å². The van der Waals surface area contributed by atoms with Crippen LogP contribution in [0.4, 0.5) is 0 Å². The second-order valence-corrected chi connectivity index (χ2v) is 12.7. The third-order valence-corrected chi connectivity index (χ3v) is 11.1. The first-order valence-electron chi connectivity index (χ1n) is 12.3. The summed E-state index contributed by atoms with van der Waals surface area (Å²) in [7, 11) is 0. The summed E-state index contributed by atoms with van der Waals surface area (Å²) in [6, 6.07) is 0. The van der Waals surface area contributed by atoms with Crippen LogP contribution in [-0.4, -0.2) is 23.7 Å². The molecule has 30 heavy (non-hydrogen) atoms. The van der Waals surface area contributed by atoms with Crippen LogP contribution in [0.2, 0.25) is 0 Å². The molecule has 170 valence electrons. The molecule has 0 aromatic carbocycles. The van der Waals surface area contributed by atoms with E-state index in [9.17, 15) is 5.11 Å². The monoisotopic (exact) mass is 415 g/mol. The molecule has 0 amide bonds. The van der Waals surface area contributed by atoms with E-state index in [0.29, 0.717) is 29.1 Å². The number of nitrogens with one attached hydrogen (secondary N) is 2. The van der Waals surface area contributed by atoms with E-state index in [0.717, 1.165) is 25.8 Å². The van der Waals surface area contributed by atoms with Crippen LogP contribution in [0.5, 0.6) is 0 Å². The van der Waals surface area contributed by atoms with Gasteiger partial charge in [-0.3, -0.25) is 5.41 Å². The molecule has 0 spiro atoms. The Morgan fingerprint density at radius 1 is 1.00 bits per heavy atom. The van der Waals surface area contributed by atoms with Crippen molar-refractivity contribution < 1.29 is 5.11 Å². The lowest BCUT2D eigenvalue weighted by atomic mass is 9.34. The van der Waals surface area contributed by atoms with Crippen molar-refractivity contribution >= 4 is 5.96 Å². The third kappa shape index (κ3) is 2.92. The van der Waals surface area contributed by atoms with Crippen LogP contribution in [0.25, 0.3) is 0 Å². The molecule has 4 heteroatoms. The second-order valence-electron chi connectivity index (χ2n) is 12.7. The molecule has 4 nitrogen and oxygen atoms in total. The predicted molar refractivity (Wildman–Crippen MR) is 124 cm³/mol. The summed E-state index contributed by atoms with van der Waals surface area (Å²) in [5.41, 5.74) is 7.79. The Hall–Kier alpha value is -1.03. The molecule has 4 rings (SSSR count). The van der Waals surface area contributed by atoms with Crippen molar-refractivity contribution in [2.45, 2.75) is 92.1 Å². The maximum atomic E-state index is 11.4. The van der Waals surface area contributed by atoms with Crippen LogP contribution >= 0.6 is 0 Å². The van der Waals surface area contributed by atoms with Gasteiger partial charge < -0.3 is 16.2 Å². The number of guanidine groups is 1. The van der Waals surface area contributed by atoms with E-state index in [1.807, 2.05) is 0 Å². The van der Waals surface area contributed by atoms with Gasteiger partial charge in [-0.25, -0.2) is 0 Å². The largest absolute Gasteiger partial charge is 0.393 e. The van der Waals surface area contributed by atoms with E-state index in [1.165, 1.54) is 37.7 Å². The topological polar surface area (TPSA) is 82.1 Å². The van der Waals surface area contributed by atoms with Gasteiger partial charge in [-0.05, 0) is 85.4 Å². The van der Waals surface area contributed by atoms with Gasteiger partial charge in [0.1, 0.15) is 0 Å². The van der Waals surface area contributed by atoms with Crippen LogP contribution in [-0.2, 0) is 0 Å². The van der Waals surface area contributed by atoms with Crippen molar-refractivity contribution in [1.82, 2.24) is 5.32 Å². The second kappa shape index (κ2) is 6.98. The molecule has 0 aromatic rings. The van der Waals surface area contributed by atoms with Crippen molar-refractivity contribution in [3.63, 3.8) is 0 Å². The Kier molecular flexibility index (Phi) is 5.16. The van der Waals surface area contributed by atoms with E-state index < -0.39 is 0 Å². The van der Waals surface area contributed by atoms with E-state index in [-0.39, 0.29) is 28.3 Å². The third-order valence-electron chi connectivity index (χ3n) is 11.1. The molecule has 8 atom stereocenters. The Morgan fingerprint density at radius 3 is 2.30 bits per heavy atom. The summed E-state index contributed by atoms with van der Waals surface area (Å²) in [5, 5.41) is 22.2. The molecule has 0 unspecified atom stereocenters. The van der Waals surface area contributed by atoms with Gasteiger partial charge in [0.2, 0.25) is 0 Å². The Bertz CT molecular complexity index is 732. The van der Waals surface area contributed by atoms with Gasteiger partial charge in [-0.1, -0.05) is 46.8 Å². The molecule has 0 radical (unpaired) electrons. The van der Waals surface area contributed by atoms with E-state index in [1.54, 1.807) is 0 Å². The first-order valence-corrected chi connectivity index (χ1v) is 12.3. The summed E-state index contributed by atoms with van der Waals surface area (Å²) >= 11 is 0. The number of nitrogens with two attached hydrogens (primary N) is 1. The Balaban J connectivity index is 1.70. The Labute approximate surface area is 184 Å². The fourth-order valence-corrected chi connectivity index (χ4v) is 9.66. The summed E-state index contributed by atoms with van der Waals surface area (Å²) < 4.78 is 0. The van der Waals surface area contributed by atoms with Crippen LogP contribution < -0.4 is 11.1 Å². The minimum atomic E-state index is -0.168. The minimum absolute atomic E-state index is 0.0255. The molecule has 0 bridgehead atoms. The highest BCUT2D eigenvalue weighted by Gasteiger charge is 2.67. The number of aliphatic hydroxyl groups excluding tert-OH is 1. The summed E-state index contributed by atoms with van der Waals surface area (Å²) in [5.74, 6) is 2.28. The van der Waals surface area contributed by atoms with Crippen molar-refractivity contribution in [3.05, 3.63) is 12.2 Å². The lowest BCUT2D eigenvalue weighted by Crippen LogP contribution is -2.66. The minimum Gasteiger partial charge on any atom is -0.393 e. The molecule has 4 fully saturated rings. The van der Waals surface area contributed by atoms with Crippen LogP contribution in [0, 0.1) is 50.7 Å². The normalized spacial score (nSPS) is 50.1. The molecule has 0 aromatic heterocycles. The predicted octanol–water partition coefficient (Wildman–Crippen LogP) is 5.07. The highest BCUT2D eigenvalue weighted by Crippen LogP contribution is 2.73. The number of aliphatic hydroxyl groups is 1. The highest BCUT2D eigenvalue weighted by atomic mass is 16.3. The fraction of sp³-hybridized carbons (Fsp3) is 0.885. The van der Waals surface area contributed by atoms with Gasteiger partial charge >= 0.3 is 0 Å². The summed E-state index contributed by atoms with van der Waals surface area (Å²) in [6.07, 6.45) is 9.17. The van der Waals surface area contributed by atoms with Gasteiger partial charge in [-0.15, -0.1) is 0 Å². The zero-order chi connectivity index (χ0) is 22.1. The van der Waals surface area contributed by atoms with Gasteiger partial charge in [0.15, 0.2) is 5.96 Å². The molecule has 5 N–H and O–H groups in total. The van der Waals surface area contributed by atoms with Gasteiger partial charge in [0.25, 0.3) is 0 Å². The first kappa shape index (κ1) is 22.2. The van der Waals surface area contributed by atoms with Crippen molar-refractivity contribution in [2.75, 3.05) is 6.54 Å². The van der Waals surface area contributed by atoms with Crippen molar-refractivity contribution in [2.24, 2.45) is 51.1 Å². The number of rotatable bonds is 2. The summed E-state index contributed by atoms with van der Waals surface area (Å²) in [6.45, 7) is 17.6. The molecule has 4 aliphatic rings. The molecule has 0 heterocycles. The number of fused-ring (bicyclic) bond motifs is 5. The summed E-state index contributed by atoms with van der Waals surface area (Å²) in [4.78, 5) is 0. The van der Waals surface area contributed by atoms with Gasteiger partial charge in [0.05, 0.1) is 6.10 Å². The van der Waals surface area contributed by atoms with Crippen LogP contribution in [0.3, 0.4) is 0 Å². The zero-order valence-electron chi connectivity index (χ0n) is 20.0. The molecule has 4 aliphatic carbocycles. The molecule has 4 saturated carbocycles. The maximum absolute atomic E-state index is 11.4. The highest BCUT2D eigenvalue weighted by molar-refractivity contribution is 5.74. The molecule has 0 saturated heterocycles. The van der Waals surface area contributed by atoms with Crippen LogP contribution in [0.1, 0.15) is 86.0 Å². The number of hydrogen-bond acceptors (Lipinski definition) is 2. The number of hydrogen-bond donors (Lipinski definition) is 4. The molecule has 0 aliphatic heterocycles. The average Bonchev–Trinajstić information content (AvgIpc) is 2.63.